The Bertz CT molecular complexity index is 808. The molecule has 1 aliphatic rings. The van der Waals surface area contributed by atoms with Crippen molar-refractivity contribution in [2.24, 2.45) is 0 Å². The molecule has 0 spiro atoms. The van der Waals surface area contributed by atoms with E-state index in [1.165, 1.54) is 12.1 Å². The molecule has 110 valence electrons. The van der Waals surface area contributed by atoms with Gasteiger partial charge in [0.25, 0.3) is 10.0 Å². The summed E-state index contributed by atoms with van der Waals surface area (Å²) in [6.45, 7) is 0.134. The number of benzene rings is 2. The maximum atomic E-state index is 12.3. The SMILES string of the molecule is Nc1cc(S(=O)(=O)Nc2ccc3c(c2)OCO3)ccc1Br. The fourth-order valence-corrected chi connectivity index (χ4v) is 3.19. The Morgan fingerprint density at radius 3 is 2.62 bits per heavy atom. The molecule has 0 unspecified atom stereocenters. The zero-order valence-electron chi connectivity index (χ0n) is 10.7. The Hall–Kier alpha value is -1.93. The van der Waals surface area contributed by atoms with Gasteiger partial charge in [-0.3, -0.25) is 4.72 Å². The van der Waals surface area contributed by atoms with Crippen molar-refractivity contribution in [2.45, 2.75) is 4.90 Å². The molecule has 1 aliphatic heterocycles. The van der Waals surface area contributed by atoms with Gasteiger partial charge in [0.15, 0.2) is 11.5 Å². The minimum Gasteiger partial charge on any atom is -0.454 e. The molecular weight excluding hydrogens is 360 g/mol. The van der Waals surface area contributed by atoms with Crippen molar-refractivity contribution >= 4 is 37.3 Å². The van der Waals surface area contributed by atoms with E-state index in [1.807, 2.05) is 0 Å². The summed E-state index contributed by atoms with van der Waals surface area (Å²) in [6.07, 6.45) is 0. The summed E-state index contributed by atoms with van der Waals surface area (Å²) in [5.74, 6) is 1.09. The summed E-state index contributed by atoms with van der Waals surface area (Å²) in [7, 11) is -3.72. The Morgan fingerprint density at radius 1 is 1.10 bits per heavy atom. The second-order valence-corrected chi connectivity index (χ2v) is 6.89. The molecule has 0 fully saturated rings. The van der Waals surface area contributed by atoms with Crippen LogP contribution in [-0.4, -0.2) is 15.2 Å². The van der Waals surface area contributed by atoms with Crippen LogP contribution in [0.4, 0.5) is 11.4 Å². The van der Waals surface area contributed by atoms with Gasteiger partial charge in [-0.05, 0) is 46.3 Å². The predicted octanol–water partition coefficient (Wildman–Crippen LogP) is 2.56. The largest absolute Gasteiger partial charge is 0.454 e. The van der Waals surface area contributed by atoms with E-state index in [9.17, 15) is 8.42 Å². The summed E-state index contributed by atoms with van der Waals surface area (Å²) in [4.78, 5) is 0.0841. The van der Waals surface area contributed by atoms with Crippen LogP contribution in [0.3, 0.4) is 0 Å². The maximum absolute atomic E-state index is 12.3. The van der Waals surface area contributed by atoms with Gasteiger partial charge in [0.2, 0.25) is 6.79 Å². The third-order valence-corrected chi connectivity index (χ3v) is 5.00. The number of sulfonamides is 1. The molecular formula is C13H11BrN2O4S. The van der Waals surface area contributed by atoms with E-state index < -0.39 is 10.0 Å². The van der Waals surface area contributed by atoms with Crippen molar-refractivity contribution < 1.29 is 17.9 Å². The first-order chi connectivity index (χ1) is 9.95. The molecule has 0 aromatic heterocycles. The van der Waals surface area contributed by atoms with E-state index in [2.05, 4.69) is 20.7 Å². The number of anilines is 2. The molecule has 3 rings (SSSR count). The number of nitrogen functional groups attached to an aromatic ring is 1. The Kier molecular flexibility index (Phi) is 3.42. The Labute approximate surface area is 130 Å². The normalized spacial score (nSPS) is 13.2. The third kappa shape index (κ3) is 2.77. The fraction of sp³-hybridized carbons (Fsp3) is 0.0769. The second-order valence-electron chi connectivity index (χ2n) is 4.36. The van der Waals surface area contributed by atoms with Gasteiger partial charge < -0.3 is 15.2 Å². The van der Waals surface area contributed by atoms with Crippen LogP contribution >= 0.6 is 15.9 Å². The molecule has 2 aromatic rings. The number of ether oxygens (including phenoxy) is 2. The number of hydrogen-bond donors (Lipinski definition) is 2. The van der Waals surface area contributed by atoms with Crippen LogP contribution in [0, 0.1) is 0 Å². The van der Waals surface area contributed by atoms with Crippen LogP contribution in [0.5, 0.6) is 11.5 Å². The highest BCUT2D eigenvalue weighted by molar-refractivity contribution is 9.10. The van der Waals surface area contributed by atoms with Gasteiger partial charge in [0, 0.05) is 16.2 Å². The number of nitrogens with one attached hydrogen (secondary N) is 1. The number of hydrogen-bond acceptors (Lipinski definition) is 5. The third-order valence-electron chi connectivity index (χ3n) is 2.90. The number of fused-ring (bicyclic) bond motifs is 1. The molecule has 6 nitrogen and oxygen atoms in total. The monoisotopic (exact) mass is 370 g/mol. The van der Waals surface area contributed by atoms with Gasteiger partial charge in [-0.1, -0.05) is 0 Å². The Morgan fingerprint density at radius 2 is 1.86 bits per heavy atom. The number of halogens is 1. The molecule has 1 heterocycles. The average molecular weight is 371 g/mol. The molecule has 0 aliphatic carbocycles. The maximum Gasteiger partial charge on any atom is 0.261 e. The van der Waals surface area contributed by atoms with Crippen molar-refractivity contribution in [3.05, 3.63) is 40.9 Å². The van der Waals surface area contributed by atoms with Gasteiger partial charge in [0.1, 0.15) is 0 Å². The van der Waals surface area contributed by atoms with Crippen molar-refractivity contribution in [2.75, 3.05) is 17.2 Å². The summed E-state index contributed by atoms with van der Waals surface area (Å²) in [5, 5.41) is 0. The zero-order chi connectivity index (χ0) is 15.0. The minimum atomic E-state index is -3.72. The van der Waals surface area contributed by atoms with Crippen LogP contribution in [0.25, 0.3) is 0 Å². The van der Waals surface area contributed by atoms with Crippen LogP contribution in [0.2, 0.25) is 0 Å². The Balaban J connectivity index is 1.90. The molecule has 8 heteroatoms. The van der Waals surface area contributed by atoms with Crippen molar-refractivity contribution in [3.8, 4) is 11.5 Å². The first kappa shape index (κ1) is 14.0. The van der Waals surface area contributed by atoms with Crippen LogP contribution in [0.1, 0.15) is 0 Å². The molecule has 0 radical (unpaired) electrons. The van der Waals surface area contributed by atoms with E-state index in [4.69, 9.17) is 15.2 Å². The van der Waals surface area contributed by atoms with Crippen molar-refractivity contribution in [1.82, 2.24) is 0 Å². The fourth-order valence-electron chi connectivity index (χ4n) is 1.86. The van der Waals surface area contributed by atoms with E-state index in [0.29, 0.717) is 27.3 Å². The first-order valence-corrected chi connectivity index (χ1v) is 8.21. The summed E-state index contributed by atoms with van der Waals surface area (Å²) in [6, 6.07) is 9.27. The lowest BCUT2D eigenvalue weighted by atomic mass is 10.3. The molecule has 3 N–H and O–H groups in total. The molecule has 0 saturated carbocycles. The number of nitrogens with two attached hydrogens (primary N) is 1. The van der Waals surface area contributed by atoms with Crippen molar-refractivity contribution in [1.29, 1.82) is 0 Å². The van der Waals surface area contributed by atoms with Gasteiger partial charge in [0.05, 0.1) is 10.6 Å². The molecule has 0 amide bonds. The smallest absolute Gasteiger partial charge is 0.261 e. The summed E-state index contributed by atoms with van der Waals surface area (Å²) in [5.41, 5.74) is 6.45. The topological polar surface area (TPSA) is 90.7 Å². The molecule has 21 heavy (non-hydrogen) atoms. The number of rotatable bonds is 3. The molecule has 0 saturated heterocycles. The lowest BCUT2D eigenvalue weighted by molar-refractivity contribution is 0.174. The highest BCUT2D eigenvalue weighted by Crippen LogP contribution is 2.35. The van der Waals surface area contributed by atoms with E-state index >= 15 is 0 Å². The van der Waals surface area contributed by atoms with E-state index in [0.717, 1.165) is 0 Å². The van der Waals surface area contributed by atoms with E-state index in [1.54, 1.807) is 24.3 Å². The first-order valence-electron chi connectivity index (χ1n) is 5.93. The standard InChI is InChI=1S/C13H11BrN2O4S/c14-10-3-2-9(6-11(10)15)21(17,18)16-8-1-4-12-13(5-8)20-7-19-12/h1-6,16H,7,15H2. The lowest BCUT2D eigenvalue weighted by Crippen LogP contribution is -2.13. The average Bonchev–Trinajstić information content (AvgIpc) is 2.88. The quantitative estimate of drug-likeness (QED) is 0.810. The van der Waals surface area contributed by atoms with E-state index in [-0.39, 0.29) is 11.7 Å². The van der Waals surface area contributed by atoms with Crippen molar-refractivity contribution in [3.63, 3.8) is 0 Å². The second kappa shape index (κ2) is 5.12. The lowest BCUT2D eigenvalue weighted by Gasteiger charge is -2.09. The molecule has 2 aromatic carbocycles. The molecule has 0 atom stereocenters. The van der Waals surface area contributed by atoms with Gasteiger partial charge in [-0.15, -0.1) is 0 Å². The predicted molar refractivity (Wildman–Crippen MR) is 81.9 cm³/mol. The summed E-state index contributed by atoms with van der Waals surface area (Å²) >= 11 is 3.23. The van der Waals surface area contributed by atoms with Gasteiger partial charge in [-0.25, -0.2) is 8.42 Å². The van der Waals surface area contributed by atoms with Gasteiger partial charge >= 0.3 is 0 Å². The highest BCUT2D eigenvalue weighted by Gasteiger charge is 2.18. The molecule has 0 bridgehead atoms. The van der Waals surface area contributed by atoms with Crippen LogP contribution in [0.15, 0.2) is 45.8 Å². The zero-order valence-corrected chi connectivity index (χ0v) is 13.1. The highest BCUT2D eigenvalue weighted by atomic mass is 79.9. The summed E-state index contributed by atoms with van der Waals surface area (Å²) < 4.78 is 38.1. The van der Waals surface area contributed by atoms with Crippen LogP contribution in [-0.2, 0) is 10.0 Å². The minimum absolute atomic E-state index is 0.0841. The van der Waals surface area contributed by atoms with Crippen LogP contribution < -0.4 is 19.9 Å². The van der Waals surface area contributed by atoms with Gasteiger partial charge in [-0.2, -0.15) is 0 Å².